The van der Waals surface area contributed by atoms with E-state index in [9.17, 15) is 9.59 Å². The molecule has 120 valence electrons. The molecule has 0 aliphatic carbocycles. The van der Waals surface area contributed by atoms with Crippen molar-refractivity contribution in [2.24, 2.45) is 0 Å². The molecule has 0 bridgehead atoms. The van der Waals surface area contributed by atoms with Crippen molar-refractivity contribution < 1.29 is 14.3 Å². The summed E-state index contributed by atoms with van der Waals surface area (Å²) in [6.07, 6.45) is -0.371. The molecule has 0 aromatic rings. The van der Waals surface area contributed by atoms with Crippen LogP contribution in [-0.4, -0.2) is 91.7 Å². The second-order valence-electron chi connectivity index (χ2n) is 5.33. The van der Waals surface area contributed by atoms with Gasteiger partial charge in [-0.2, -0.15) is 0 Å². The van der Waals surface area contributed by atoms with Crippen molar-refractivity contribution in [3.8, 4) is 0 Å². The fraction of sp³-hybridized carbons (Fsp3) is 0.857. The zero-order valence-electron chi connectivity index (χ0n) is 13.0. The van der Waals surface area contributed by atoms with E-state index in [0.717, 1.165) is 19.6 Å². The van der Waals surface area contributed by atoms with E-state index >= 15 is 0 Å². The summed E-state index contributed by atoms with van der Waals surface area (Å²) in [6.45, 7) is 9.74. The monoisotopic (exact) mass is 298 g/mol. The van der Waals surface area contributed by atoms with Crippen LogP contribution in [0.2, 0.25) is 0 Å². The van der Waals surface area contributed by atoms with Crippen molar-refractivity contribution >= 4 is 11.9 Å². The summed E-state index contributed by atoms with van der Waals surface area (Å²) in [5, 5.41) is 3.17. The predicted molar refractivity (Wildman–Crippen MR) is 79.1 cm³/mol. The minimum absolute atomic E-state index is 0.0390. The first kappa shape index (κ1) is 16.0. The molecule has 1 N–H and O–H groups in total. The number of ether oxygens (including phenoxy) is 1. The van der Waals surface area contributed by atoms with E-state index in [0.29, 0.717) is 39.3 Å². The van der Waals surface area contributed by atoms with E-state index in [1.165, 1.54) is 0 Å². The highest BCUT2D eigenvalue weighted by Gasteiger charge is 2.31. The Balaban J connectivity index is 1.82. The summed E-state index contributed by atoms with van der Waals surface area (Å²) in [5.41, 5.74) is 0. The molecule has 2 aliphatic heterocycles. The van der Waals surface area contributed by atoms with Gasteiger partial charge in [-0.3, -0.25) is 4.79 Å². The molecule has 0 aromatic carbocycles. The summed E-state index contributed by atoms with van der Waals surface area (Å²) in [5.74, 6) is 0.0390. The standard InChI is InChI=1S/C14H26N4O3/c1-3-16(4-2)14(20)18-8-6-17(7-9-18)13(19)12-11-15-5-10-21-12/h12,15H,3-11H2,1-2H3. The third-order valence-electron chi connectivity index (χ3n) is 4.10. The number of nitrogens with zero attached hydrogens (tertiary/aromatic N) is 3. The minimum Gasteiger partial charge on any atom is -0.366 e. The maximum Gasteiger partial charge on any atom is 0.320 e. The summed E-state index contributed by atoms with van der Waals surface area (Å²) in [6, 6.07) is 0.0719. The molecule has 2 heterocycles. The highest BCUT2D eigenvalue weighted by atomic mass is 16.5. The van der Waals surface area contributed by atoms with Gasteiger partial charge in [-0.1, -0.05) is 0 Å². The number of hydrogen-bond donors (Lipinski definition) is 1. The zero-order valence-corrected chi connectivity index (χ0v) is 13.0. The Morgan fingerprint density at radius 2 is 1.76 bits per heavy atom. The Labute approximate surface area is 126 Å². The van der Waals surface area contributed by atoms with E-state index in [4.69, 9.17) is 4.74 Å². The Hall–Kier alpha value is -1.34. The number of nitrogens with one attached hydrogen (secondary N) is 1. The Kier molecular flexibility index (Phi) is 5.81. The van der Waals surface area contributed by atoms with Gasteiger partial charge in [0.05, 0.1) is 6.61 Å². The fourth-order valence-electron chi connectivity index (χ4n) is 2.74. The van der Waals surface area contributed by atoms with Crippen molar-refractivity contribution in [1.29, 1.82) is 0 Å². The topological polar surface area (TPSA) is 65.1 Å². The molecule has 2 rings (SSSR count). The Morgan fingerprint density at radius 1 is 1.14 bits per heavy atom. The van der Waals surface area contributed by atoms with Crippen molar-refractivity contribution in [2.45, 2.75) is 20.0 Å². The maximum absolute atomic E-state index is 12.3. The molecule has 2 fully saturated rings. The van der Waals surface area contributed by atoms with Gasteiger partial charge in [0.1, 0.15) is 6.10 Å². The third-order valence-corrected chi connectivity index (χ3v) is 4.10. The first-order valence-electron chi connectivity index (χ1n) is 7.82. The second-order valence-corrected chi connectivity index (χ2v) is 5.33. The van der Waals surface area contributed by atoms with Crippen LogP contribution in [0, 0.1) is 0 Å². The van der Waals surface area contributed by atoms with Gasteiger partial charge in [0.15, 0.2) is 0 Å². The number of hydrogen-bond acceptors (Lipinski definition) is 4. The number of morpholine rings is 1. The number of piperazine rings is 1. The lowest BCUT2D eigenvalue weighted by Crippen LogP contribution is -2.57. The predicted octanol–water partition coefficient (Wildman–Crippen LogP) is -0.419. The van der Waals surface area contributed by atoms with Gasteiger partial charge in [-0.05, 0) is 13.8 Å². The molecule has 0 radical (unpaired) electrons. The molecule has 21 heavy (non-hydrogen) atoms. The summed E-state index contributed by atoms with van der Waals surface area (Å²) < 4.78 is 5.50. The second kappa shape index (κ2) is 7.61. The smallest absolute Gasteiger partial charge is 0.320 e. The molecule has 0 spiro atoms. The minimum atomic E-state index is -0.371. The number of carbonyl (C=O) groups excluding carboxylic acids is 2. The lowest BCUT2D eigenvalue weighted by Gasteiger charge is -2.38. The van der Waals surface area contributed by atoms with Crippen LogP contribution < -0.4 is 5.32 Å². The van der Waals surface area contributed by atoms with Crippen molar-refractivity contribution in [2.75, 3.05) is 59.0 Å². The lowest BCUT2D eigenvalue weighted by molar-refractivity contribution is -0.146. The number of carbonyl (C=O) groups is 2. The van der Waals surface area contributed by atoms with Gasteiger partial charge in [-0.25, -0.2) is 4.79 Å². The van der Waals surface area contributed by atoms with E-state index in [-0.39, 0.29) is 18.0 Å². The molecule has 1 atom stereocenters. The average Bonchev–Trinajstić information content (AvgIpc) is 2.56. The van der Waals surface area contributed by atoms with Crippen LogP contribution >= 0.6 is 0 Å². The van der Waals surface area contributed by atoms with E-state index in [1.807, 2.05) is 28.5 Å². The van der Waals surface area contributed by atoms with Crippen LogP contribution in [-0.2, 0) is 9.53 Å². The van der Waals surface area contributed by atoms with Crippen LogP contribution in [0.3, 0.4) is 0 Å². The number of rotatable bonds is 3. The lowest BCUT2D eigenvalue weighted by atomic mass is 10.2. The normalized spacial score (nSPS) is 23.0. The largest absolute Gasteiger partial charge is 0.366 e. The van der Waals surface area contributed by atoms with E-state index in [1.54, 1.807) is 0 Å². The fourth-order valence-corrected chi connectivity index (χ4v) is 2.74. The first-order chi connectivity index (χ1) is 10.2. The molecular weight excluding hydrogens is 272 g/mol. The Morgan fingerprint density at radius 3 is 2.29 bits per heavy atom. The van der Waals surface area contributed by atoms with Gasteiger partial charge in [0, 0.05) is 52.4 Å². The Bertz CT molecular complexity index is 359. The van der Waals surface area contributed by atoms with Gasteiger partial charge in [0.2, 0.25) is 0 Å². The summed E-state index contributed by atoms with van der Waals surface area (Å²) in [7, 11) is 0. The molecule has 2 aliphatic rings. The zero-order chi connectivity index (χ0) is 15.2. The van der Waals surface area contributed by atoms with Crippen LogP contribution in [0.25, 0.3) is 0 Å². The highest BCUT2D eigenvalue weighted by molar-refractivity contribution is 5.82. The van der Waals surface area contributed by atoms with Crippen LogP contribution in [0.15, 0.2) is 0 Å². The molecular formula is C14H26N4O3. The maximum atomic E-state index is 12.3. The number of amides is 3. The average molecular weight is 298 g/mol. The molecule has 3 amide bonds. The first-order valence-corrected chi connectivity index (χ1v) is 7.82. The van der Waals surface area contributed by atoms with E-state index in [2.05, 4.69) is 5.32 Å². The van der Waals surface area contributed by atoms with Gasteiger partial charge in [-0.15, -0.1) is 0 Å². The van der Waals surface area contributed by atoms with Crippen molar-refractivity contribution in [3.63, 3.8) is 0 Å². The molecule has 7 heteroatoms. The highest BCUT2D eigenvalue weighted by Crippen LogP contribution is 2.09. The van der Waals surface area contributed by atoms with E-state index < -0.39 is 0 Å². The number of urea groups is 1. The third kappa shape index (κ3) is 3.85. The van der Waals surface area contributed by atoms with Crippen LogP contribution in [0.4, 0.5) is 4.79 Å². The summed E-state index contributed by atoms with van der Waals surface area (Å²) >= 11 is 0. The van der Waals surface area contributed by atoms with Crippen molar-refractivity contribution in [1.82, 2.24) is 20.0 Å². The molecule has 1 unspecified atom stereocenters. The van der Waals surface area contributed by atoms with Crippen LogP contribution in [0.1, 0.15) is 13.8 Å². The SMILES string of the molecule is CCN(CC)C(=O)N1CCN(C(=O)C2CNCCO2)CC1. The van der Waals surface area contributed by atoms with Gasteiger partial charge in [0.25, 0.3) is 5.91 Å². The van der Waals surface area contributed by atoms with Gasteiger partial charge < -0.3 is 24.8 Å². The molecule has 0 aromatic heterocycles. The summed E-state index contributed by atoms with van der Waals surface area (Å²) in [4.78, 5) is 30.0. The molecule has 0 saturated carbocycles. The van der Waals surface area contributed by atoms with Crippen molar-refractivity contribution in [3.05, 3.63) is 0 Å². The molecule has 7 nitrogen and oxygen atoms in total. The van der Waals surface area contributed by atoms with Gasteiger partial charge >= 0.3 is 6.03 Å². The quantitative estimate of drug-likeness (QED) is 0.769. The molecule has 2 saturated heterocycles. The van der Waals surface area contributed by atoms with Crippen LogP contribution in [0.5, 0.6) is 0 Å².